The number of rotatable bonds is 4. The second-order valence-electron chi connectivity index (χ2n) is 10.4. The average Bonchev–Trinajstić information content (AvgIpc) is 2.82. The molecule has 2 N–H and O–H groups in total. The van der Waals surface area contributed by atoms with E-state index < -0.39 is 17.2 Å². The van der Waals surface area contributed by atoms with E-state index in [4.69, 9.17) is 4.74 Å². The number of fused-ring (bicyclic) bond motifs is 1. The van der Waals surface area contributed by atoms with Crippen molar-refractivity contribution in [3.63, 3.8) is 0 Å². The SMILES string of the molecule is COc1ccc(N2C3=C(C(=O)CC(C)(C)C3)C(c3ccc(N(C)C)cc3)c3c2[nH]c(=O)[nH]c3=O)cc1. The molecular formula is C28H30N4O4. The number of allylic oxidation sites excluding steroid dienone is 2. The van der Waals surface area contributed by atoms with E-state index in [1.807, 2.05) is 72.4 Å². The third-order valence-corrected chi connectivity index (χ3v) is 7.00. The van der Waals surface area contributed by atoms with Gasteiger partial charge >= 0.3 is 5.69 Å². The fourth-order valence-corrected chi connectivity index (χ4v) is 5.35. The van der Waals surface area contributed by atoms with Crippen LogP contribution in [0.4, 0.5) is 17.2 Å². The maximum absolute atomic E-state index is 13.8. The fraction of sp³-hybridized carbons (Fsp3) is 0.321. The van der Waals surface area contributed by atoms with E-state index in [0.29, 0.717) is 35.5 Å². The second-order valence-corrected chi connectivity index (χ2v) is 10.4. The lowest BCUT2D eigenvalue weighted by Gasteiger charge is -2.44. The molecule has 2 aliphatic rings. The zero-order valence-corrected chi connectivity index (χ0v) is 21.1. The van der Waals surface area contributed by atoms with Crippen LogP contribution in [0.3, 0.4) is 0 Å². The van der Waals surface area contributed by atoms with Gasteiger partial charge in [-0.1, -0.05) is 26.0 Å². The molecule has 1 aromatic heterocycles. The van der Waals surface area contributed by atoms with Crippen LogP contribution in [-0.2, 0) is 4.79 Å². The van der Waals surface area contributed by atoms with Gasteiger partial charge in [-0.2, -0.15) is 0 Å². The molecule has 0 saturated heterocycles. The van der Waals surface area contributed by atoms with Gasteiger partial charge in [-0.15, -0.1) is 0 Å². The summed E-state index contributed by atoms with van der Waals surface area (Å²) in [6, 6.07) is 15.2. The van der Waals surface area contributed by atoms with Gasteiger partial charge in [0.05, 0.1) is 12.7 Å². The summed E-state index contributed by atoms with van der Waals surface area (Å²) in [4.78, 5) is 48.8. The minimum Gasteiger partial charge on any atom is -0.497 e. The maximum Gasteiger partial charge on any atom is 0.327 e. The number of methoxy groups -OCH3 is 1. The van der Waals surface area contributed by atoms with Crippen molar-refractivity contribution in [2.75, 3.05) is 31.0 Å². The Bertz CT molecular complexity index is 1480. The molecule has 0 fully saturated rings. The van der Waals surface area contributed by atoms with Crippen LogP contribution in [0.15, 0.2) is 69.4 Å². The average molecular weight is 487 g/mol. The molecule has 5 rings (SSSR count). The number of hydrogen-bond donors (Lipinski definition) is 2. The van der Waals surface area contributed by atoms with Gasteiger partial charge in [0, 0.05) is 49.1 Å². The highest BCUT2D eigenvalue weighted by molar-refractivity contribution is 6.02. The van der Waals surface area contributed by atoms with E-state index in [1.54, 1.807) is 7.11 Å². The van der Waals surface area contributed by atoms with Gasteiger partial charge in [-0.3, -0.25) is 24.5 Å². The predicted octanol–water partition coefficient (Wildman–Crippen LogP) is 4.06. The van der Waals surface area contributed by atoms with Gasteiger partial charge < -0.3 is 9.64 Å². The number of aromatic nitrogens is 2. The van der Waals surface area contributed by atoms with Crippen molar-refractivity contribution in [3.8, 4) is 5.75 Å². The Morgan fingerprint density at radius 1 is 0.944 bits per heavy atom. The van der Waals surface area contributed by atoms with E-state index in [1.165, 1.54) is 0 Å². The van der Waals surface area contributed by atoms with Crippen molar-refractivity contribution in [1.29, 1.82) is 0 Å². The lowest BCUT2D eigenvalue weighted by Crippen LogP contribution is -2.42. The number of hydrogen-bond acceptors (Lipinski definition) is 6. The number of benzene rings is 2. The van der Waals surface area contributed by atoms with Crippen LogP contribution in [0.25, 0.3) is 0 Å². The summed E-state index contributed by atoms with van der Waals surface area (Å²) < 4.78 is 5.32. The van der Waals surface area contributed by atoms with Gasteiger partial charge in [0.2, 0.25) is 0 Å². The van der Waals surface area contributed by atoms with Crippen molar-refractivity contribution in [1.82, 2.24) is 9.97 Å². The number of nitrogens with zero attached hydrogens (tertiary/aromatic N) is 2. The number of carbonyl (C=O) groups excluding carboxylic acids is 1. The lowest BCUT2D eigenvalue weighted by molar-refractivity contribution is -0.118. The van der Waals surface area contributed by atoms with Gasteiger partial charge in [0.1, 0.15) is 11.6 Å². The molecule has 2 heterocycles. The normalized spacial score (nSPS) is 18.5. The maximum atomic E-state index is 13.8. The van der Waals surface area contributed by atoms with Crippen molar-refractivity contribution in [2.45, 2.75) is 32.6 Å². The molecule has 186 valence electrons. The summed E-state index contributed by atoms with van der Waals surface area (Å²) in [5.74, 6) is 0.492. The monoisotopic (exact) mass is 486 g/mol. The Balaban J connectivity index is 1.82. The topological polar surface area (TPSA) is 98.5 Å². The standard InChI is InChI=1S/C28H30N4O4/c1-28(2)14-20-23(21(33)15-28)22(16-6-8-17(9-7-16)31(3)4)24-25(29-27(35)30-26(24)34)32(20)18-10-12-19(36-5)13-11-18/h6-13,22H,14-15H2,1-5H3,(H2,29,30,34,35). The third-order valence-electron chi connectivity index (χ3n) is 7.00. The van der Waals surface area contributed by atoms with Crippen LogP contribution in [0.1, 0.15) is 43.7 Å². The third kappa shape index (κ3) is 3.92. The quantitative estimate of drug-likeness (QED) is 0.577. The molecule has 0 amide bonds. The molecular weight excluding hydrogens is 456 g/mol. The van der Waals surface area contributed by atoms with E-state index in [0.717, 1.165) is 22.6 Å². The molecule has 1 aliphatic carbocycles. The van der Waals surface area contributed by atoms with Crippen molar-refractivity contribution >= 4 is 23.0 Å². The number of ether oxygens (including phenoxy) is 1. The summed E-state index contributed by atoms with van der Waals surface area (Å²) in [6.07, 6.45) is 0.992. The summed E-state index contributed by atoms with van der Waals surface area (Å²) in [6.45, 7) is 4.13. The van der Waals surface area contributed by atoms with E-state index in [-0.39, 0.29) is 11.2 Å². The molecule has 1 aliphatic heterocycles. The summed E-state index contributed by atoms with van der Waals surface area (Å²) in [7, 11) is 5.51. The molecule has 0 radical (unpaired) electrons. The largest absolute Gasteiger partial charge is 0.497 e. The molecule has 36 heavy (non-hydrogen) atoms. The van der Waals surface area contributed by atoms with Crippen molar-refractivity contribution < 1.29 is 9.53 Å². The molecule has 8 heteroatoms. The summed E-state index contributed by atoms with van der Waals surface area (Å²) in [5.41, 5.74) is 2.96. The molecule has 1 unspecified atom stereocenters. The van der Waals surface area contributed by atoms with Gasteiger partial charge in [0.15, 0.2) is 5.78 Å². The number of aromatic amines is 2. The zero-order chi connectivity index (χ0) is 25.8. The first-order chi connectivity index (χ1) is 17.1. The molecule has 0 bridgehead atoms. The fourth-order valence-electron chi connectivity index (χ4n) is 5.35. The number of anilines is 3. The summed E-state index contributed by atoms with van der Waals surface area (Å²) in [5, 5.41) is 0. The van der Waals surface area contributed by atoms with Crippen LogP contribution in [0.5, 0.6) is 5.75 Å². The van der Waals surface area contributed by atoms with Crippen LogP contribution in [-0.4, -0.2) is 37.0 Å². The van der Waals surface area contributed by atoms with Crippen molar-refractivity contribution in [2.24, 2.45) is 5.41 Å². The highest BCUT2D eigenvalue weighted by atomic mass is 16.5. The van der Waals surface area contributed by atoms with Gasteiger partial charge in [0.25, 0.3) is 5.56 Å². The Hall–Kier alpha value is -4.07. The number of carbonyl (C=O) groups is 1. The highest BCUT2D eigenvalue weighted by Crippen LogP contribution is 2.52. The second kappa shape index (κ2) is 8.55. The van der Waals surface area contributed by atoms with Gasteiger partial charge in [-0.05, 0) is 53.8 Å². The molecule has 3 aromatic rings. The van der Waals surface area contributed by atoms with Gasteiger partial charge in [-0.25, -0.2) is 4.79 Å². The Morgan fingerprint density at radius 3 is 2.22 bits per heavy atom. The lowest BCUT2D eigenvalue weighted by atomic mass is 9.68. The predicted molar refractivity (Wildman–Crippen MR) is 140 cm³/mol. The number of Topliss-reactive ketones (excluding diaryl/α,β-unsaturated/α-hetero) is 1. The number of nitrogens with one attached hydrogen (secondary N) is 2. The molecule has 2 aromatic carbocycles. The first kappa shape index (κ1) is 23.7. The molecule has 0 saturated carbocycles. The first-order valence-corrected chi connectivity index (χ1v) is 11.9. The Morgan fingerprint density at radius 2 is 1.61 bits per heavy atom. The van der Waals surface area contributed by atoms with Crippen LogP contribution >= 0.6 is 0 Å². The van der Waals surface area contributed by atoms with Crippen LogP contribution in [0.2, 0.25) is 0 Å². The smallest absolute Gasteiger partial charge is 0.327 e. The number of H-pyrrole nitrogens is 2. The van der Waals surface area contributed by atoms with E-state index in [9.17, 15) is 14.4 Å². The van der Waals surface area contributed by atoms with Crippen molar-refractivity contribution in [3.05, 3.63) is 91.8 Å². The van der Waals surface area contributed by atoms with Crippen LogP contribution in [0, 0.1) is 5.41 Å². The van der Waals surface area contributed by atoms with Crippen LogP contribution < -0.4 is 25.8 Å². The molecule has 8 nitrogen and oxygen atoms in total. The zero-order valence-electron chi connectivity index (χ0n) is 21.1. The Labute approximate surface area is 209 Å². The summed E-state index contributed by atoms with van der Waals surface area (Å²) >= 11 is 0. The van der Waals surface area contributed by atoms with E-state index in [2.05, 4.69) is 23.8 Å². The first-order valence-electron chi connectivity index (χ1n) is 11.9. The Kier molecular flexibility index (Phi) is 5.62. The molecule has 1 atom stereocenters. The minimum atomic E-state index is -0.593. The number of ketones is 1. The van der Waals surface area contributed by atoms with E-state index >= 15 is 0 Å². The minimum absolute atomic E-state index is 0.0118. The highest BCUT2D eigenvalue weighted by Gasteiger charge is 2.45. The molecule has 0 spiro atoms.